The van der Waals surface area contributed by atoms with E-state index < -0.39 is 12.2 Å². The number of amides is 1. The summed E-state index contributed by atoms with van der Waals surface area (Å²) in [5.41, 5.74) is 0. The summed E-state index contributed by atoms with van der Waals surface area (Å²) in [7, 11) is 1.73. The van der Waals surface area contributed by atoms with E-state index in [-0.39, 0.29) is 31.2 Å². The summed E-state index contributed by atoms with van der Waals surface area (Å²) in [6.45, 7) is 10.1. The number of hydrogen-bond acceptors (Lipinski definition) is 7. The van der Waals surface area contributed by atoms with Crippen molar-refractivity contribution in [2.75, 3.05) is 33.4 Å². The topological polar surface area (TPSA) is 85.4 Å². The third-order valence-electron chi connectivity index (χ3n) is 10.4. The van der Waals surface area contributed by atoms with Crippen molar-refractivity contribution in [2.45, 2.75) is 213 Å². The van der Waals surface area contributed by atoms with Gasteiger partial charge in [0, 0.05) is 39.0 Å². The van der Waals surface area contributed by atoms with Gasteiger partial charge in [0.2, 0.25) is 0 Å². The minimum atomic E-state index is -0.838. The summed E-state index contributed by atoms with van der Waals surface area (Å²) in [6.07, 6.45) is 37.0. The van der Waals surface area contributed by atoms with Crippen LogP contribution in [0.25, 0.3) is 0 Å². The van der Waals surface area contributed by atoms with Crippen molar-refractivity contribution in [2.24, 2.45) is 0 Å². The van der Waals surface area contributed by atoms with Crippen LogP contribution in [-0.4, -0.2) is 79.4 Å². The van der Waals surface area contributed by atoms with E-state index in [4.69, 9.17) is 14.2 Å². The molecule has 0 radical (unpaired) electrons. The van der Waals surface area contributed by atoms with Crippen LogP contribution in [0.5, 0.6) is 0 Å². The Morgan fingerprint density at radius 1 is 0.604 bits per heavy atom. The SMILES string of the molecule is CCCCC/C=C\C/C=C\CCCCCCCC(=O)OCC(COC(=O)CCCCCCCCCCCCCCC)OC(=O)N(C)C1CN(C(C)C)C1. The normalized spacial score (nSPS) is 14.2. The second kappa shape index (κ2) is 34.2. The average molecular weight is 747 g/mol. The molecule has 1 rings (SSSR count). The van der Waals surface area contributed by atoms with E-state index in [1.807, 2.05) is 0 Å². The summed E-state index contributed by atoms with van der Waals surface area (Å²) in [5, 5.41) is 0. The van der Waals surface area contributed by atoms with Crippen LogP contribution in [0.4, 0.5) is 4.79 Å². The molecule has 1 fully saturated rings. The van der Waals surface area contributed by atoms with E-state index in [9.17, 15) is 14.4 Å². The molecule has 0 bridgehead atoms. The number of likely N-dealkylation sites (tertiary alicyclic amines) is 1. The molecule has 0 aliphatic carbocycles. The lowest BCUT2D eigenvalue weighted by Gasteiger charge is -2.45. The van der Waals surface area contributed by atoms with Crippen LogP contribution in [0.2, 0.25) is 0 Å². The summed E-state index contributed by atoms with van der Waals surface area (Å²) < 4.78 is 16.8. The van der Waals surface area contributed by atoms with Gasteiger partial charge >= 0.3 is 18.0 Å². The molecular formula is C45H82N2O6. The standard InChI is InChI=1S/C45H82N2O6/c1-6-8-10-12-14-16-18-20-21-23-25-27-29-31-33-35-44(49)52-39-42(53-45(50)46(5)41-36-47(37-41)40(3)4)38-51-43(48)34-32-30-28-26-24-22-19-17-15-13-11-9-7-2/h14,16,20-21,40-42H,6-13,15,17-19,22-39H2,1-5H3/b16-14-,21-20-. The Morgan fingerprint density at radius 3 is 1.45 bits per heavy atom. The first kappa shape index (κ1) is 48.7. The highest BCUT2D eigenvalue weighted by molar-refractivity contribution is 5.70. The zero-order valence-corrected chi connectivity index (χ0v) is 35.1. The number of likely N-dealkylation sites (N-methyl/N-ethyl adjacent to an activating group) is 1. The van der Waals surface area contributed by atoms with Crippen molar-refractivity contribution in [3.63, 3.8) is 0 Å². The maximum atomic E-state index is 13.0. The molecule has 1 aliphatic rings. The van der Waals surface area contributed by atoms with Crippen LogP contribution in [0.3, 0.4) is 0 Å². The predicted octanol–water partition coefficient (Wildman–Crippen LogP) is 11.9. The molecule has 308 valence electrons. The van der Waals surface area contributed by atoms with Gasteiger partial charge in [-0.1, -0.05) is 147 Å². The summed E-state index contributed by atoms with van der Waals surface area (Å²) in [5.74, 6) is -0.611. The molecule has 0 aromatic rings. The highest BCUT2D eigenvalue weighted by Gasteiger charge is 2.35. The van der Waals surface area contributed by atoms with Gasteiger partial charge in [-0.15, -0.1) is 0 Å². The van der Waals surface area contributed by atoms with E-state index in [1.165, 1.54) is 89.9 Å². The molecule has 8 heteroatoms. The molecule has 1 saturated heterocycles. The Hall–Kier alpha value is -2.35. The smallest absolute Gasteiger partial charge is 0.410 e. The van der Waals surface area contributed by atoms with Crippen LogP contribution < -0.4 is 0 Å². The summed E-state index contributed by atoms with van der Waals surface area (Å²) in [4.78, 5) is 42.0. The molecule has 1 aliphatic heterocycles. The highest BCUT2D eigenvalue weighted by atomic mass is 16.6. The Kier molecular flexibility index (Phi) is 31.4. The van der Waals surface area contributed by atoms with E-state index in [2.05, 4.69) is 56.9 Å². The molecule has 53 heavy (non-hydrogen) atoms. The van der Waals surface area contributed by atoms with Crippen LogP contribution >= 0.6 is 0 Å². The van der Waals surface area contributed by atoms with Crippen LogP contribution in [0.15, 0.2) is 24.3 Å². The first-order valence-electron chi connectivity index (χ1n) is 22.1. The maximum Gasteiger partial charge on any atom is 0.410 e. The Balaban J connectivity index is 2.30. The number of carbonyl (C=O) groups excluding carboxylic acids is 3. The van der Waals surface area contributed by atoms with Crippen molar-refractivity contribution >= 4 is 18.0 Å². The minimum Gasteiger partial charge on any atom is -0.462 e. The number of nitrogens with zero attached hydrogens (tertiary/aromatic N) is 2. The van der Waals surface area contributed by atoms with Gasteiger partial charge in [0.15, 0.2) is 6.10 Å². The van der Waals surface area contributed by atoms with E-state index in [0.717, 1.165) is 77.3 Å². The van der Waals surface area contributed by atoms with Crippen molar-refractivity contribution in [1.82, 2.24) is 9.80 Å². The fraction of sp³-hybridized carbons (Fsp3) is 0.844. The van der Waals surface area contributed by atoms with Gasteiger partial charge in [-0.25, -0.2) is 4.79 Å². The second-order valence-corrected chi connectivity index (χ2v) is 15.7. The zero-order chi connectivity index (χ0) is 38.8. The van der Waals surface area contributed by atoms with Crippen molar-refractivity contribution < 1.29 is 28.6 Å². The van der Waals surface area contributed by atoms with Gasteiger partial charge in [0.05, 0.1) is 6.04 Å². The van der Waals surface area contributed by atoms with E-state index >= 15 is 0 Å². The molecule has 0 aromatic heterocycles. The number of esters is 2. The third kappa shape index (κ3) is 27.8. The lowest BCUT2D eigenvalue weighted by molar-refractivity contribution is -0.153. The highest BCUT2D eigenvalue weighted by Crippen LogP contribution is 2.18. The number of allylic oxidation sites excluding steroid dienone is 4. The predicted molar refractivity (Wildman–Crippen MR) is 220 cm³/mol. The maximum absolute atomic E-state index is 13.0. The number of hydrogen-bond donors (Lipinski definition) is 0. The minimum absolute atomic E-state index is 0.0736. The molecule has 0 saturated carbocycles. The molecule has 1 heterocycles. The van der Waals surface area contributed by atoms with Crippen LogP contribution in [0.1, 0.15) is 195 Å². The first-order chi connectivity index (χ1) is 25.8. The van der Waals surface area contributed by atoms with E-state index in [0.29, 0.717) is 18.9 Å². The fourth-order valence-corrected chi connectivity index (χ4v) is 6.53. The van der Waals surface area contributed by atoms with Gasteiger partial charge in [0.1, 0.15) is 13.2 Å². The van der Waals surface area contributed by atoms with Crippen LogP contribution in [0, 0.1) is 0 Å². The number of carbonyl (C=O) groups is 3. The van der Waals surface area contributed by atoms with Crippen molar-refractivity contribution in [3.05, 3.63) is 24.3 Å². The lowest BCUT2D eigenvalue weighted by atomic mass is 10.0. The number of unbranched alkanes of at least 4 members (excludes halogenated alkanes) is 20. The third-order valence-corrected chi connectivity index (χ3v) is 10.4. The Morgan fingerprint density at radius 2 is 1.00 bits per heavy atom. The molecular weight excluding hydrogens is 665 g/mol. The second-order valence-electron chi connectivity index (χ2n) is 15.7. The Bertz CT molecular complexity index is 961. The largest absolute Gasteiger partial charge is 0.462 e. The van der Waals surface area contributed by atoms with Gasteiger partial charge in [-0.05, 0) is 58.8 Å². The lowest BCUT2D eigenvalue weighted by Crippen LogP contribution is -2.61. The number of ether oxygens (including phenoxy) is 3. The van der Waals surface area contributed by atoms with Gasteiger partial charge in [-0.2, -0.15) is 0 Å². The monoisotopic (exact) mass is 747 g/mol. The molecule has 0 aromatic carbocycles. The van der Waals surface area contributed by atoms with Gasteiger partial charge in [-0.3, -0.25) is 14.5 Å². The first-order valence-corrected chi connectivity index (χ1v) is 22.1. The van der Waals surface area contributed by atoms with Crippen LogP contribution in [-0.2, 0) is 23.8 Å². The molecule has 0 spiro atoms. The summed E-state index contributed by atoms with van der Waals surface area (Å²) >= 11 is 0. The molecule has 1 atom stereocenters. The Labute approximate surface area is 326 Å². The van der Waals surface area contributed by atoms with Gasteiger partial charge in [0.25, 0.3) is 0 Å². The zero-order valence-electron chi connectivity index (χ0n) is 35.1. The molecule has 1 unspecified atom stereocenters. The molecule has 8 nitrogen and oxygen atoms in total. The quantitative estimate of drug-likeness (QED) is 0.0276. The average Bonchev–Trinajstić information content (AvgIpc) is 3.12. The molecule has 0 N–H and O–H groups in total. The summed E-state index contributed by atoms with van der Waals surface area (Å²) in [6, 6.07) is 0.501. The fourth-order valence-electron chi connectivity index (χ4n) is 6.53. The van der Waals surface area contributed by atoms with Gasteiger partial charge < -0.3 is 19.1 Å². The van der Waals surface area contributed by atoms with E-state index in [1.54, 1.807) is 11.9 Å². The van der Waals surface area contributed by atoms with Crippen molar-refractivity contribution in [1.29, 1.82) is 0 Å². The van der Waals surface area contributed by atoms with Crippen molar-refractivity contribution in [3.8, 4) is 0 Å². The molecule has 1 amide bonds. The number of rotatable bonds is 35.